The van der Waals surface area contributed by atoms with Gasteiger partial charge in [-0.3, -0.25) is 9.88 Å². The number of methoxy groups -OCH3 is 1. The number of ether oxygens (including phenoxy) is 2. The molecule has 0 spiro atoms. The molecule has 6 heteroatoms. The van der Waals surface area contributed by atoms with E-state index in [1.165, 1.54) is 11.8 Å². The molecule has 0 saturated carbocycles. The molecular weight excluding hydrogens is 302 g/mol. The standard InChI is InChI=1S/C16H18ClN3O2/c1-21-14-4-2-3-12(5-14)8-20-9-13(10-20)11-22-16-7-18-6-15(17)19-16/h2-7,13H,8-11H2,1H3. The van der Waals surface area contributed by atoms with E-state index in [4.69, 9.17) is 21.1 Å². The van der Waals surface area contributed by atoms with Gasteiger partial charge in [0.1, 0.15) is 5.75 Å². The van der Waals surface area contributed by atoms with E-state index < -0.39 is 0 Å². The van der Waals surface area contributed by atoms with E-state index >= 15 is 0 Å². The van der Waals surface area contributed by atoms with Gasteiger partial charge in [-0.25, -0.2) is 0 Å². The first kappa shape index (κ1) is 15.1. The summed E-state index contributed by atoms with van der Waals surface area (Å²) in [4.78, 5) is 10.4. The van der Waals surface area contributed by atoms with Crippen LogP contribution in [0.2, 0.25) is 5.15 Å². The predicted octanol–water partition coefficient (Wildman–Crippen LogP) is 2.65. The lowest BCUT2D eigenvalue weighted by Gasteiger charge is -2.38. The van der Waals surface area contributed by atoms with E-state index in [0.29, 0.717) is 23.6 Å². The SMILES string of the molecule is COc1cccc(CN2CC(COc3cncc(Cl)n3)C2)c1. The Balaban J connectivity index is 1.42. The van der Waals surface area contributed by atoms with Crippen LogP contribution >= 0.6 is 11.6 Å². The maximum Gasteiger partial charge on any atom is 0.233 e. The van der Waals surface area contributed by atoms with Gasteiger partial charge in [0.05, 0.1) is 26.1 Å². The van der Waals surface area contributed by atoms with Crippen molar-refractivity contribution in [2.24, 2.45) is 5.92 Å². The summed E-state index contributed by atoms with van der Waals surface area (Å²) in [5.41, 5.74) is 1.26. The molecule has 0 bridgehead atoms. The molecule has 116 valence electrons. The first-order valence-electron chi connectivity index (χ1n) is 7.18. The normalized spacial score (nSPS) is 15.4. The van der Waals surface area contributed by atoms with Crippen molar-refractivity contribution in [2.75, 3.05) is 26.8 Å². The molecule has 1 aliphatic rings. The summed E-state index contributed by atoms with van der Waals surface area (Å²) in [6.07, 6.45) is 3.08. The third-order valence-corrected chi connectivity index (χ3v) is 3.81. The number of halogens is 1. The van der Waals surface area contributed by atoms with Gasteiger partial charge in [-0.1, -0.05) is 23.7 Å². The Morgan fingerprint density at radius 1 is 1.32 bits per heavy atom. The average molecular weight is 320 g/mol. The highest BCUT2D eigenvalue weighted by Gasteiger charge is 2.27. The van der Waals surface area contributed by atoms with Crippen LogP contribution in [0.1, 0.15) is 5.56 Å². The number of hydrogen-bond donors (Lipinski definition) is 0. The van der Waals surface area contributed by atoms with Crippen molar-refractivity contribution in [3.05, 3.63) is 47.4 Å². The van der Waals surface area contributed by atoms with Crippen LogP contribution in [-0.4, -0.2) is 41.7 Å². The molecular formula is C16H18ClN3O2. The van der Waals surface area contributed by atoms with E-state index in [-0.39, 0.29) is 0 Å². The zero-order valence-electron chi connectivity index (χ0n) is 12.4. The molecule has 0 unspecified atom stereocenters. The summed E-state index contributed by atoms with van der Waals surface area (Å²) in [5, 5.41) is 0.353. The minimum absolute atomic E-state index is 0.353. The molecule has 1 saturated heterocycles. The van der Waals surface area contributed by atoms with Gasteiger partial charge in [0, 0.05) is 25.6 Å². The summed E-state index contributed by atoms with van der Waals surface area (Å²) in [5.74, 6) is 1.91. The number of likely N-dealkylation sites (tertiary alicyclic amines) is 1. The maximum absolute atomic E-state index is 5.77. The van der Waals surface area contributed by atoms with Gasteiger partial charge in [0.2, 0.25) is 5.88 Å². The van der Waals surface area contributed by atoms with Crippen molar-refractivity contribution in [2.45, 2.75) is 6.54 Å². The van der Waals surface area contributed by atoms with Gasteiger partial charge in [-0.2, -0.15) is 4.98 Å². The first-order chi connectivity index (χ1) is 10.7. The smallest absolute Gasteiger partial charge is 0.233 e. The topological polar surface area (TPSA) is 47.5 Å². The molecule has 1 aliphatic heterocycles. The zero-order valence-corrected chi connectivity index (χ0v) is 13.2. The fourth-order valence-corrected chi connectivity index (χ4v) is 2.68. The van der Waals surface area contributed by atoms with Gasteiger partial charge < -0.3 is 9.47 Å². The Kier molecular flexibility index (Phi) is 4.75. The largest absolute Gasteiger partial charge is 0.497 e. The van der Waals surface area contributed by atoms with Crippen LogP contribution in [0.5, 0.6) is 11.6 Å². The van der Waals surface area contributed by atoms with E-state index in [1.807, 2.05) is 12.1 Å². The van der Waals surface area contributed by atoms with Crippen LogP contribution in [-0.2, 0) is 6.54 Å². The second-order valence-electron chi connectivity index (χ2n) is 5.40. The minimum atomic E-state index is 0.353. The third kappa shape index (κ3) is 3.87. The number of aromatic nitrogens is 2. The number of rotatable bonds is 6. The fraction of sp³-hybridized carbons (Fsp3) is 0.375. The van der Waals surface area contributed by atoms with Crippen molar-refractivity contribution in [3.63, 3.8) is 0 Å². The van der Waals surface area contributed by atoms with Gasteiger partial charge in [0.25, 0.3) is 0 Å². The lowest BCUT2D eigenvalue weighted by atomic mass is 10.0. The molecule has 0 N–H and O–H groups in total. The van der Waals surface area contributed by atoms with Crippen LogP contribution in [0.3, 0.4) is 0 Å². The van der Waals surface area contributed by atoms with Gasteiger partial charge in [-0.15, -0.1) is 0 Å². The first-order valence-corrected chi connectivity index (χ1v) is 7.56. The minimum Gasteiger partial charge on any atom is -0.497 e. The van der Waals surface area contributed by atoms with Crippen molar-refractivity contribution in [3.8, 4) is 11.6 Å². The van der Waals surface area contributed by atoms with Crippen LogP contribution < -0.4 is 9.47 Å². The maximum atomic E-state index is 5.77. The number of nitrogens with zero attached hydrogens (tertiary/aromatic N) is 3. The molecule has 2 aromatic rings. The Morgan fingerprint density at radius 2 is 2.18 bits per heavy atom. The molecule has 1 fully saturated rings. The number of hydrogen-bond acceptors (Lipinski definition) is 5. The lowest BCUT2D eigenvalue weighted by Crippen LogP contribution is -2.48. The highest BCUT2D eigenvalue weighted by atomic mass is 35.5. The predicted molar refractivity (Wildman–Crippen MR) is 84.3 cm³/mol. The summed E-state index contributed by atoms with van der Waals surface area (Å²) in [6, 6.07) is 8.17. The molecule has 1 aromatic heterocycles. The summed E-state index contributed by atoms with van der Waals surface area (Å²) in [7, 11) is 1.69. The lowest BCUT2D eigenvalue weighted by molar-refractivity contribution is 0.0542. The van der Waals surface area contributed by atoms with Crippen molar-refractivity contribution in [1.82, 2.24) is 14.9 Å². The van der Waals surface area contributed by atoms with E-state index in [2.05, 4.69) is 27.0 Å². The van der Waals surface area contributed by atoms with Crippen molar-refractivity contribution in [1.29, 1.82) is 0 Å². The molecule has 22 heavy (non-hydrogen) atoms. The highest BCUT2D eigenvalue weighted by molar-refractivity contribution is 6.29. The van der Waals surface area contributed by atoms with Gasteiger partial charge in [-0.05, 0) is 17.7 Å². The quantitative estimate of drug-likeness (QED) is 0.819. The summed E-state index contributed by atoms with van der Waals surface area (Å²) < 4.78 is 10.9. The molecule has 1 aromatic carbocycles. The molecule has 0 aliphatic carbocycles. The van der Waals surface area contributed by atoms with Gasteiger partial charge in [0.15, 0.2) is 5.15 Å². The second kappa shape index (κ2) is 6.94. The Hall–Kier alpha value is -1.85. The van der Waals surface area contributed by atoms with Gasteiger partial charge >= 0.3 is 0 Å². The molecule has 0 atom stereocenters. The van der Waals surface area contributed by atoms with Crippen LogP contribution in [0.4, 0.5) is 0 Å². The summed E-state index contributed by atoms with van der Waals surface area (Å²) >= 11 is 5.77. The molecule has 0 amide bonds. The zero-order chi connectivity index (χ0) is 15.4. The monoisotopic (exact) mass is 319 g/mol. The molecule has 5 nitrogen and oxygen atoms in total. The average Bonchev–Trinajstić information content (AvgIpc) is 2.49. The fourth-order valence-electron chi connectivity index (χ4n) is 2.54. The van der Waals surface area contributed by atoms with E-state index in [0.717, 1.165) is 25.4 Å². The molecule has 3 rings (SSSR count). The third-order valence-electron chi connectivity index (χ3n) is 3.62. The Morgan fingerprint density at radius 3 is 2.95 bits per heavy atom. The van der Waals surface area contributed by atoms with Crippen LogP contribution in [0, 0.1) is 5.92 Å². The van der Waals surface area contributed by atoms with E-state index in [9.17, 15) is 0 Å². The highest BCUT2D eigenvalue weighted by Crippen LogP contribution is 2.21. The summed E-state index contributed by atoms with van der Waals surface area (Å²) in [6.45, 7) is 3.62. The van der Waals surface area contributed by atoms with Crippen LogP contribution in [0.15, 0.2) is 36.7 Å². The second-order valence-corrected chi connectivity index (χ2v) is 5.79. The van der Waals surface area contributed by atoms with E-state index in [1.54, 1.807) is 13.3 Å². The van der Waals surface area contributed by atoms with Crippen molar-refractivity contribution < 1.29 is 9.47 Å². The van der Waals surface area contributed by atoms with Crippen LogP contribution in [0.25, 0.3) is 0 Å². The molecule has 2 heterocycles. The Labute approximate surface area is 134 Å². The van der Waals surface area contributed by atoms with Crippen molar-refractivity contribution >= 4 is 11.6 Å². The molecule has 0 radical (unpaired) electrons. The Bertz CT molecular complexity index is 632. The number of benzene rings is 1.